The van der Waals surface area contributed by atoms with Crippen molar-refractivity contribution in [2.75, 3.05) is 11.6 Å². The third kappa shape index (κ3) is 3.34. The molecule has 1 atom stereocenters. The summed E-state index contributed by atoms with van der Waals surface area (Å²) in [5, 5.41) is 9.03. The predicted molar refractivity (Wildman–Crippen MR) is 74.1 cm³/mol. The van der Waals surface area contributed by atoms with Gasteiger partial charge in [-0.25, -0.2) is 4.79 Å². The molecule has 1 aliphatic rings. The van der Waals surface area contributed by atoms with Crippen LogP contribution in [0.2, 0.25) is 0 Å². The van der Waals surface area contributed by atoms with Gasteiger partial charge in [-0.05, 0) is 34.1 Å². The first-order valence-corrected chi connectivity index (χ1v) is 7.65. The Labute approximate surface area is 130 Å². The van der Waals surface area contributed by atoms with E-state index >= 15 is 0 Å². The molecular weight excluding hydrogens is 375 g/mol. The number of aliphatic carboxylic acids is 1. The van der Waals surface area contributed by atoms with E-state index in [4.69, 9.17) is 5.11 Å². The summed E-state index contributed by atoms with van der Waals surface area (Å²) in [6.45, 7) is 0. The van der Waals surface area contributed by atoms with E-state index in [-0.39, 0.29) is 21.7 Å². The second kappa shape index (κ2) is 5.88. The monoisotopic (exact) mass is 383 g/mol. The number of carbonyl (C=O) groups excluding carboxylic acids is 1. The van der Waals surface area contributed by atoms with Gasteiger partial charge in [0.25, 0.3) is 5.91 Å². The minimum absolute atomic E-state index is 0.137. The van der Waals surface area contributed by atoms with E-state index in [0.717, 1.165) is 23.1 Å². The van der Waals surface area contributed by atoms with Crippen LogP contribution in [0.4, 0.5) is 13.2 Å². The van der Waals surface area contributed by atoms with Gasteiger partial charge in [-0.2, -0.15) is 13.2 Å². The van der Waals surface area contributed by atoms with Crippen LogP contribution in [0.1, 0.15) is 15.9 Å². The van der Waals surface area contributed by atoms with Crippen LogP contribution in [-0.4, -0.2) is 39.6 Å². The number of thioether (sulfide) groups is 1. The summed E-state index contributed by atoms with van der Waals surface area (Å²) in [5.41, 5.74) is -1.15. The molecule has 9 heteroatoms. The number of benzene rings is 1. The highest BCUT2D eigenvalue weighted by molar-refractivity contribution is 9.10. The van der Waals surface area contributed by atoms with Gasteiger partial charge in [0, 0.05) is 10.2 Å². The van der Waals surface area contributed by atoms with Gasteiger partial charge < -0.3 is 10.0 Å². The summed E-state index contributed by atoms with van der Waals surface area (Å²) >= 11 is 4.28. The molecule has 1 aromatic rings. The van der Waals surface area contributed by atoms with E-state index in [1.54, 1.807) is 0 Å². The fourth-order valence-electron chi connectivity index (χ4n) is 1.87. The summed E-state index contributed by atoms with van der Waals surface area (Å²) in [4.78, 5) is 24.4. The lowest BCUT2D eigenvalue weighted by molar-refractivity contribution is -0.141. The highest BCUT2D eigenvalue weighted by atomic mass is 79.9. The van der Waals surface area contributed by atoms with Crippen LogP contribution in [0, 0.1) is 0 Å². The van der Waals surface area contributed by atoms with Crippen molar-refractivity contribution in [3.8, 4) is 0 Å². The van der Waals surface area contributed by atoms with Crippen molar-refractivity contribution in [3.63, 3.8) is 0 Å². The van der Waals surface area contributed by atoms with Crippen LogP contribution in [0.3, 0.4) is 0 Å². The number of carboxylic acids is 1. The van der Waals surface area contributed by atoms with Crippen LogP contribution >= 0.6 is 27.7 Å². The van der Waals surface area contributed by atoms with Gasteiger partial charge in [0.15, 0.2) is 0 Å². The van der Waals surface area contributed by atoms with Crippen LogP contribution < -0.4 is 0 Å². The first-order chi connectivity index (χ1) is 9.71. The average molecular weight is 384 g/mol. The molecule has 0 saturated carbocycles. The van der Waals surface area contributed by atoms with Crippen molar-refractivity contribution >= 4 is 39.6 Å². The third-order valence-electron chi connectivity index (χ3n) is 2.95. The number of nitrogens with zero attached hydrogens (tertiary/aromatic N) is 1. The molecule has 1 amide bonds. The Morgan fingerprint density at radius 1 is 1.38 bits per heavy atom. The second-order valence-electron chi connectivity index (χ2n) is 4.32. The average Bonchev–Trinajstić information content (AvgIpc) is 2.86. The Bertz CT molecular complexity index is 594. The maximum Gasteiger partial charge on any atom is 0.416 e. The SMILES string of the molecule is O=C(O)[C@@H]1CSCN1C(=O)c1cc(C(F)(F)F)ccc1Br. The number of hydrogen-bond acceptors (Lipinski definition) is 3. The maximum atomic E-state index is 12.7. The lowest BCUT2D eigenvalue weighted by Gasteiger charge is -2.21. The highest BCUT2D eigenvalue weighted by Crippen LogP contribution is 2.33. The molecule has 2 rings (SSSR count). The Morgan fingerprint density at radius 3 is 2.62 bits per heavy atom. The van der Waals surface area contributed by atoms with E-state index in [2.05, 4.69) is 15.9 Å². The minimum Gasteiger partial charge on any atom is -0.480 e. The van der Waals surface area contributed by atoms with Crippen molar-refractivity contribution in [2.24, 2.45) is 0 Å². The Balaban J connectivity index is 2.37. The topological polar surface area (TPSA) is 57.6 Å². The lowest BCUT2D eigenvalue weighted by atomic mass is 10.1. The fraction of sp³-hybridized carbons (Fsp3) is 0.333. The molecule has 1 N–H and O–H groups in total. The first kappa shape index (κ1) is 16.2. The molecule has 0 radical (unpaired) electrons. The summed E-state index contributed by atoms with van der Waals surface area (Å²) in [7, 11) is 0. The van der Waals surface area contributed by atoms with Crippen molar-refractivity contribution < 1.29 is 27.9 Å². The predicted octanol–water partition coefficient (Wildman–Crippen LogP) is 3.07. The van der Waals surface area contributed by atoms with Crippen LogP contribution in [0.5, 0.6) is 0 Å². The molecule has 0 aliphatic carbocycles. The molecular formula is C12H9BrF3NO3S. The number of hydrogen-bond donors (Lipinski definition) is 1. The smallest absolute Gasteiger partial charge is 0.416 e. The normalized spacial score (nSPS) is 18.9. The van der Waals surface area contributed by atoms with E-state index < -0.39 is 29.7 Å². The Hall–Kier alpha value is -1.22. The van der Waals surface area contributed by atoms with Gasteiger partial charge in [-0.3, -0.25) is 4.79 Å². The summed E-state index contributed by atoms with van der Waals surface area (Å²) in [5.74, 6) is -1.54. The molecule has 1 aromatic carbocycles. The largest absolute Gasteiger partial charge is 0.480 e. The zero-order chi connectivity index (χ0) is 15.8. The van der Waals surface area contributed by atoms with Gasteiger partial charge in [-0.1, -0.05) is 0 Å². The van der Waals surface area contributed by atoms with E-state index in [0.29, 0.717) is 0 Å². The van der Waals surface area contributed by atoms with Gasteiger partial charge in [-0.15, -0.1) is 11.8 Å². The third-order valence-corrected chi connectivity index (χ3v) is 4.66. The maximum absolute atomic E-state index is 12.7. The van der Waals surface area contributed by atoms with E-state index in [1.165, 1.54) is 11.8 Å². The molecule has 114 valence electrons. The van der Waals surface area contributed by atoms with Crippen molar-refractivity contribution in [1.82, 2.24) is 4.90 Å². The molecule has 0 spiro atoms. The molecule has 4 nitrogen and oxygen atoms in total. The quantitative estimate of drug-likeness (QED) is 0.852. The van der Waals surface area contributed by atoms with Crippen molar-refractivity contribution in [2.45, 2.75) is 12.2 Å². The molecule has 1 saturated heterocycles. The molecule has 21 heavy (non-hydrogen) atoms. The summed E-state index contributed by atoms with van der Waals surface area (Å²) < 4.78 is 38.3. The number of carboxylic acid groups (broad SMARTS) is 1. The molecule has 0 aromatic heterocycles. The summed E-state index contributed by atoms with van der Waals surface area (Å²) in [6, 6.07) is 1.70. The standard InChI is InChI=1S/C12H9BrF3NO3S/c13-8-2-1-6(12(14,15)16)3-7(8)10(18)17-5-21-4-9(17)11(19)20/h1-3,9H,4-5H2,(H,19,20)/t9-/m0/s1. The van der Waals surface area contributed by atoms with E-state index in [9.17, 15) is 22.8 Å². The molecule has 1 heterocycles. The van der Waals surface area contributed by atoms with Gasteiger partial charge in [0.2, 0.25) is 0 Å². The van der Waals surface area contributed by atoms with Gasteiger partial charge in [0.05, 0.1) is 17.0 Å². The number of amides is 1. The number of halogens is 4. The van der Waals surface area contributed by atoms with Crippen LogP contribution in [0.25, 0.3) is 0 Å². The number of rotatable bonds is 2. The Kier molecular flexibility index (Phi) is 4.52. The zero-order valence-corrected chi connectivity index (χ0v) is 12.8. The number of alkyl halides is 3. The van der Waals surface area contributed by atoms with Gasteiger partial charge in [0.1, 0.15) is 6.04 Å². The number of carbonyl (C=O) groups is 2. The molecule has 0 bridgehead atoms. The summed E-state index contributed by atoms with van der Waals surface area (Å²) in [6.07, 6.45) is -4.57. The Morgan fingerprint density at radius 2 is 2.05 bits per heavy atom. The highest BCUT2D eigenvalue weighted by Gasteiger charge is 2.37. The minimum atomic E-state index is -4.57. The van der Waals surface area contributed by atoms with Crippen LogP contribution in [-0.2, 0) is 11.0 Å². The van der Waals surface area contributed by atoms with Crippen molar-refractivity contribution in [1.29, 1.82) is 0 Å². The second-order valence-corrected chi connectivity index (χ2v) is 6.18. The zero-order valence-electron chi connectivity index (χ0n) is 10.4. The fourth-order valence-corrected chi connectivity index (χ4v) is 3.43. The van der Waals surface area contributed by atoms with Gasteiger partial charge >= 0.3 is 12.1 Å². The van der Waals surface area contributed by atoms with E-state index in [1.807, 2.05) is 0 Å². The molecule has 0 unspecified atom stereocenters. The van der Waals surface area contributed by atoms with Crippen LogP contribution in [0.15, 0.2) is 22.7 Å². The lowest BCUT2D eigenvalue weighted by Crippen LogP contribution is -2.41. The molecule has 1 aliphatic heterocycles. The first-order valence-electron chi connectivity index (χ1n) is 5.70. The molecule has 1 fully saturated rings. The van der Waals surface area contributed by atoms with Crippen molar-refractivity contribution in [3.05, 3.63) is 33.8 Å².